The van der Waals surface area contributed by atoms with Gasteiger partial charge in [-0.2, -0.15) is 0 Å². The molecule has 1 aliphatic heterocycles. The zero-order valence-electron chi connectivity index (χ0n) is 17.0. The number of amides is 1. The number of anilines is 1. The number of carbonyl (C=O) groups is 1. The number of hydrogen-bond donors (Lipinski definition) is 3. The highest BCUT2D eigenvalue weighted by Gasteiger charge is 2.32. The van der Waals surface area contributed by atoms with Crippen LogP contribution in [0.5, 0.6) is 5.75 Å². The molecule has 0 aliphatic carbocycles. The number of benzene rings is 2. The topological polar surface area (TPSA) is 108 Å². The third-order valence-electron chi connectivity index (χ3n) is 4.94. The maximum absolute atomic E-state index is 10.9. The SMILES string of the molecule is CC(C)=C(N)c1cccc(CC(N)C2Sc3cc(OCC(N)=O)ccc3N2C)c1. The minimum Gasteiger partial charge on any atom is -0.484 e. The van der Waals surface area contributed by atoms with Crippen molar-refractivity contribution in [2.45, 2.75) is 36.6 Å². The van der Waals surface area contributed by atoms with Gasteiger partial charge in [-0.15, -0.1) is 0 Å². The zero-order chi connectivity index (χ0) is 21.1. The predicted molar refractivity (Wildman–Crippen MR) is 120 cm³/mol. The van der Waals surface area contributed by atoms with E-state index < -0.39 is 5.91 Å². The Kier molecular flexibility index (Phi) is 6.39. The Balaban J connectivity index is 1.72. The molecule has 0 spiro atoms. The first-order valence-corrected chi connectivity index (χ1v) is 10.4. The molecule has 1 aliphatic rings. The van der Waals surface area contributed by atoms with Crippen LogP contribution in [-0.2, 0) is 11.2 Å². The van der Waals surface area contributed by atoms with Crippen LogP contribution in [0.25, 0.3) is 5.70 Å². The second-order valence-electron chi connectivity index (χ2n) is 7.49. The summed E-state index contributed by atoms with van der Waals surface area (Å²) in [6, 6.07) is 13.9. The summed E-state index contributed by atoms with van der Waals surface area (Å²) in [5.74, 6) is 0.133. The molecule has 1 heterocycles. The Morgan fingerprint density at radius 2 is 1.97 bits per heavy atom. The molecule has 154 valence electrons. The van der Waals surface area contributed by atoms with Crippen molar-refractivity contribution in [1.29, 1.82) is 0 Å². The average molecular weight is 413 g/mol. The van der Waals surface area contributed by atoms with E-state index in [1.54, 1.807) is 11.8 Å². The summed E-state index contributed by atoms with van der Waals surface area (Å²) >= 11 is 1.71. The van der Waals surface area contributed by atoms with Crippen molar-refractivity contribution in [3.05, 3.63) is 59.2 Å². The van der Waals surface area contributed by atoms with E-state index in [1.807, 2.05) is 51.2 Å². The zero-order valence-corrected chi connectivity index (χ0v) is 17.8. The Morgan fingerprint density at radius 1 is 1.21 bits per heavy atom. The first-order valence-electron chi connectivity index (χ1n) is 9.48. The number of likely N-dealkylation sites (N-methyl/N-ethyl adjacent to an activating group) is 1. The summed E-state index contributed by atoms with van der Waals surface area (Å²) in [5.41, 5.74) is 23.1. The van der Waals surface area contributed by atoms with E-state index in [4.69, 9.17) is 21.9 Å². The molecule has 0 saturated carbocycles. The molecule has 2 aromatic carbocycles. The number of hydrogen-bond acceptors (Lipinski definition) is 6. The Bertz CT molecular complexity index is 940. The largest absolute Gasteiger partial charge is 0.484 e. The van der Waals surface area contributed by atoms with Gasteiger partial charge in [0.2, 0.25) is 0 Å². The van der Waals surface area contributed by atoms with E-state index in [2.05, 4.69) is 17.0 Å². The Hall–Kier alpha value is -2.64. The number of thioether (sulfide) groups is 1. The van der Waals surface area contributed by atoms with Gasteiger partial charge in [-0.3, -0.25) is 4.79 Å². The van der Waals surface area contributed by atoms with Gasteiger partial charge >= 0.3 is 0 Å². The van der Waals surface area contributed by atoms with E-state index in [1.165, 1.54) is 0 Å². The fourth-order valence-corrected chi connectivity index (χ4v) is 4.69. The standard InChI is InChI=1S/C22H28N4O2S/c1-13(2)21(25)15-6-4-5-14(9-15)10-17(23)22-26(3)18-8-7-16(11-19(18)29-22)28-12-20(24)27/h4-9,11,17,22H,10,12,23,25H2,1-3H3,(H2,24,27). The quantitative estimate of drug-likeness (QED) is 0.645. The molecule has 1 amide bonds. The number of primary amides is 1. The van der Waals surface area contributed by atoms with Crippen molar-refractivity contribution < 1.29 is 9.53 Å². The van der Waals surface area contributed by atoms with Crippen LogP contribution in [0.3, 0.4) is 0 Å². The minimum atomic E-state index is -0.494. The number of rotatable bonds is 7. The highest BCUT2D eigenvalue weighted by molar-refractivity contribution is 8.00. The first-order chi connectivity index (χ1) is 13.8. The molecule has 2 unspecified atom stereocenters. The first kappa shape index (κ1) is 21.1. The second-order valence-corrected chi connectivity index (χ2v) is 8.64. The van der Waals surface area contributed by atoms with Crippen molar-refractivity contribution in [3.63, 3.8) is 0 Å². The monoisotopic (exact) mass is 412 g/mol. The number of carbonyl (C=O) groups excluding carboxylic acids is 1. The average Bonchev–Trinajstić information content (AvgIpc) is 3.02. The molecule has 0 fully saturated rings. The van der Waals surface area contributed by atoms with E-state index in [0.29, 0.717) is 5.75 Å². The number of fused-ring (bicyclic) bond motifs is 1. The molecular formula is C22H28N4O2S. The molecule has 2 aromatic rings. The molecule has 0 bridgehead atoms. The van der Waals surface area contributed by atoms with Crippen LogP contribution >= 0.6 is 11.8 Å². The maximum atomic E-state index is 10.9. The van der Waals surface area contributed by atoms with Crippen molar-refractivity contribution in [1.82, 2.24) is 0 Å². The molecular weight excluding hydrogens is 384 g/mol. The second kappa shape index (κ2) is 8.80. The molecule has 29 heavy (non-hydrogen) atoms. The predicted octanol–water partition coefficient (Wildman–Crippen LogP) is 2.70. The van der Waals surface area contributed by atoms with Crippen molar-refractivity contribution in [2.24, 2.45) is 17.2 Å². The lowest BCUT2D eigenvalue weighted by Crippen LogP contribution is -2.43. The molecule has 3 rings (SSSR count). The van der Waals surface area contributed by atoms with Crippen LogP contribution in [0.1, 0.15) is 25.0 Å². The van der Waals surface area contributed by atoms with Crippen LogP contribution in [0, 0.1) is 0 Å². The summed E-state index contributed by atoms with van der Waals surface area (Å²) in [6.07, 6.45) is 0.741. The summed E-state index contributed by atoms with van der Waals surface area (Å²) < 4.78 is 5.42. The van der Waals surface area contributed by atoms with E-state index >= 15 is 0 Å². The molecule has 0 saturated heterocycles. The lowest BCUT2D eigenvalue weighted by atomic mass is 10.0. The lowest BCUT2D eigenvalue weighted by molar-refractivity contribution is -0.119. The summed E-state index contributed by atoms with van der Waals surface area (Å²) in [4.78, 5) is 14.2. The minimum absolute atomic E-state index is 0.0736. The Morgan fingerprint density at radius 3 is 2.66 bits per heavy atom. The van der Waals surface area contributed by atoms with Crippen molar-refractivity contribution >= 4 is 29.1 Å². The fourth-order valence-electron chi connectivity index (χ4n) is 3.37. The third-order valence-corrected chi connectivity index (χ3v) is 6.42. The summed E-state index contributed by atoms with van der Waals surface area (Å²) in [5, 5.41) is 0.0980. The molecule has 7 heteroatoms. The van der Waals surface area contributed by atoms with Gasteiger partial charge in [0.25, 0.3) is 5.91 Å². The van der Waals surface area contributed by atoms with Crippen LogP contribution < -0.4 is 26.8 Å². The number of nitrogens with two attached hydrogens (primary N) is 3. The normalized spacial score (nSPS) is 16.3. The van der Waals surface area contributed by atoms with Gasteiger partial charge in [-0.1, -0.05) is 35.5 Å². The Labute approximate surface area is 176 Å². The molecule has 0 aromatic heterocycles. The van der Waals surface area contributed by atoms with Gasteiger partial charge < -0.3 is 26.8 Å². The number of allylic oxidation sites excluding steroid dienone is 1. The smallest absolute Gasteiger partial charge is 0.255 e. The highest BCUT2D eigenvalue weighted by atomic mass is 32.2. The number of ether oxygens (including phenoxy) is 1. The van der Waals surface area contributed by atoms with Gasteiger partial charge in [-0.05, 0) is 55.7 Å². The van der Waals surface area contributed by atoms with E-state index in [9.17, 15) is 4.79 Å². The lowest BCUT2D eigenvalue weighted by Gasteiger charge is -2.27. The van der Waals surface area contributed by atoms with Crippen molar-refractivity contribution in [3.8, 4) is 5.75 Å². The van der Waals surface area contributed by atoms with Gasteiger partial charge in [0.15, 0.2) is 6.61 Å². The van der Waals surface area contributed by atoms with E-state index in [0.717, 1.165) is 39.4 Å². The van der Waals surface area contributed by atoms with Gasteiger partial charge in [0.1, 0.15) is 5.75 Å². The van der Waals surface area contributed by atoms with Gasteiger partial charge in [0, 0.05) is 23.7 Å². The summed E-state index contributed by atoms with van der Waals surface area (Å²) in [6.45, 7) is 3.89. The summed E-state index contributed by atoms with van der Waals surface area (Å²) in [7, 11) is 2.05. The van der Waals surface area contributed by atoms with Crippen molar-refractivity contribution in [2.75, 3.05) is 18.6 Å². The highest BCUT2D eigenvalue weighted by Crippen LogP contribution is 2.45. The molecule has 2 atom stereocenters. The van der Waals surface area contributed by atoms with Crippen LogP contribution in [0.4, 0.5) is 5.69 Å². The number of nitrogens with zero attached hydrogens (tertiary/aromatic N) is 1. The molecule has 0 radical (unpaired) electrons. The molecule has 6 nitrogen and oxygen atoms in total. The third kappa shape index (κ3) is 4.86. The fraction of sp³-hybridized carbons (Fsp3) is 0.318. The van der Waals surface area contributed by atoms with Gasteiger partial charge in [-0.25, -0.2) is 0 Å². The van der Waals surface area contributed by atoms with Crippen LogP contribution in [-0.4, -0.2) is 31.0 Å². The van der Waals surface area contributed by atoms with Crippen LogP contribution in [0.2, 0.25) is 0 Å². The van der Waals surface area contributed by atoms with Crippen LogP contribution in [0.15, 0.2) is 52.9 Å². The molecule has 6 N–H and O–H groups in total. The maximum Gasteiger partial charge on any atom is 0.255 e. The van der Waals surface area contributed by atoms with E-state index in [-0.39, 0.29) is 18.0 Å². The van der Waals surface area contributed by atoms with Gasteiger partial charge in [0.05, 0.1) is 11.1 Å².